The summed E-state index contributed by atoms with van der Waals surface area (Å²) in [6.45, 7) is 6.18. The van der Waals surface area contributed by atoms with Crippen LogP contribution < -0.4 is 9.62 Å². The molecule has 0 radical (unpaired) electrons. The first-order chi connectivity index (χ1) is 16.3. The molecule has 0 unspecified atom stereocenters. The first-order valence-corrected chi connectivity index (χ1v) is 14.0. The lowest BCUT2D eigenvalue weighted by Crippen LogP contribution is -2.41. The Balaban J connectivity index is 1.69. The fourth-order valence-electron chi connectivity index (χ4n) is 3.59. The highest BCUT2D eigenvalue weighted by Crippen LogP contribution is 2.27. The summed E-state index contributed by atoms with van der Waals surface area (Å²) in [5, 5.41) is 2.89. The van der Waals surface area contributed by atoms with Gasteiger partial charge in [0.25, 0.3) is 10.0 Å². The standard InChI is InChI=1S/C27H32N2O3S2/c1-4-23-10-7-8-12-26(23)29(34(31,32)25-15-13-21(2)14-16-25)19-27(30)28-17-18-33-20-24-11-6-5-9-22(24)3/h5-16H,4,17-20H2,1-3H3,(H,28,30). The molecule has 180 valence electrons. The lowest BCUT2D eigenvalue weighted by molar-refractivity contribution is -0.119. The molecule has 3 aromatic carbocycles. The predicted octanol–water partition coefficient (Wildman–Crippen LogP) is 5.11. The summed E-state index contributed by atoms with van der Waals surface area (Å²) in [6.07, 6.45) is 0.660. The molecule has 0 aliphatic heterocycles. The van der Waals surface area contributed by atoms with E-state index in [9.17, 15) is 13.2 Å². The fraction of sp³-hybridized carbons (Fsp3) is 0.296. The van der Waals surface area contributed by atoms with Crippen LogP contribution >= 0.6 is 11.8 Å². The Morgan fingerprint density at radius 3 is 2.24 bits per heavy atom. The maximum absolute atomic E-state index is 13.6. The molecule has 0 aliphatic rings. The molecule has 34 heavy (non-hydrogen) atoms. The maximum atomic E-state index is 13.6. The number of amides is 1. The smallest absolute Gasteiger partial charge is 0.264 e. The van der Waals surface area contributed by atoms with Gasteiger partial charge in [0.05, 0.1) is 10.6 Å². The molecule has 0 saturated heterocycles. The van der Waals surface area contributed by atoms with Crippen LogP contribution in [0.2, 0.25) is 0 Å². The van der Waals surface area contributed by atoms with E-state index >= 15 is 0 Å². The summed E-state index contributed by atoms with van der Waals surface area (Å²) < 4.78 is 28.3. The van der Waals surface area contributed by atoms with Crippen molar-refractivity contribution in [1.29, 1.82) is 0 Å². The van der Waals surface area contributed by atoms with Crippen molar-refractivity contribution < 1.29 is 13.2 Å². The second kappa shape index (κ2) is 12.1. The van der Waals surface area contributed by atoms with Crippen LogP contribution in [0.1, 0.15) is 29.2 Å². The number of anilines is 1. The molecule has 1 N–H and O–H groups in total. The van der Waals surface area contributed by atoms with Crippen molar-refractivity contribution in [3.63, 3.8) is 0 Å². The number of benzene rings is 3. The van der Waals surface area contributed by atoms with Gasteiger partial charge in [0.1, 0.15) is 6.54 Å². The number of hydrogen-bond donors (Lipinski definition) is 1. The first-order valence-electron chi connectivity index (χ1n) is 11.4. The van der Waals surface area contributed by atoms with Gasteiger partial charge in [-0.3, -0.25) is 9.10 Å². The number of carbonyl (C=O) groups is 1. The van der Waals surface area contributed by atoms with Gasteiger partial charge in [0.15, 0.2) is 0 Å². The number of sulfonamides is 1. The van der Waals surface area contributed by atoms with Crippen molar-refractivity contribution >= 4 is 33.4 Å². The van der Waals surface area contributed by atoms with Crippen LogP contribution in [-0.4, -0.2) is 33.2 Å². The summed E-state index contributed by atoms with van der Waals surface area (Å²) in [7, 11) is -3.91. The number of hydrogen-bond acceptors (Lipinski definition) is 4. The van der Waals surface area contributed by atoms with E-state index in [1.165, 1.54) is 15.4 Å². The number of nitrogens with zero attached hydrogens (tertiary/aromatic N) is 1. The van der Waals surface area contributed by atoms with Crippen molar-refractivity contribution in [2.75, 3.05) is 23.1 Å². The SMILES string of the molecule is CCc1ccccc1N(CC(=O)NCCSCc1ccccc1C)S(=O)(=O)c1ccc(C)cc1. The Hall–Kier alpha value is -2.77. The summed E-state index contributed by atoms with van der Waals surface area (Å²) in [5.74, 6) is 1.30. The molecule has 1 amide bonds. The first kappa shape index (κ1) is 25.8. The Labute approximate surface area is 207 Å². The third-order valence-electron chi connectivity index (χ3n) is 5.62. The Morgan fingerprint density at radius 2 is 1.56 bits per heavy atom. The van der Waals surface area contributed by atoms with Gasteiger partial charge in [0, 0.05) is 18.1 Å². The Bertz CT molecular complexity index is 1210. The minimum atomic E-state index is -3.91. The van der Waals surface area contributed by atoms with Gasteiger partial charge in [-0.1, -0.05) is 67.1 Å². The zero-order valence-electron chi connectivity index (χ0n) is 20.0. The monoisotopic (exact) mass is 496 g/mol. The average Bonchev–Trinajstić information content (AvgIpc) is 2.83. The normalized spacial score (nSPS) is 11.3. The van der Waals surface area contributed by atoms with Crippen LogP contribution in [0.3, 0.4) is 0 Å². The highest BCUT2D eigenvalue weighted by molar-refractivity contribution is 7.98. The summed E-state index contributed by atoms with van der Waals surface area (Å²) in [6, 6.07) is 22.3. The Morgan fingerprint density at radius 1 is 0.912 bits per heavy atom. The largest absolute Gasteiger partial charge is 0.354 e. The molecule has 0 atom stereocenters. The molecule has 5 nitrogen and oxygen atoms in total. The van der Waals surface area contributed by atoms with Gasteiger partial charge in [-0.05, 0) is 55.2 Å². The van der Waals surface area contributed by atoms with Crippen molar-refractivity contribution in [1.82, 2.24) is 5.32 Å². The molecule has 3 aromatic rings. The highest BCUT2D eigenvalue weighted by Gasteiger charge is 2.28. The molecule has 0 aliphatic carbocycles. The van der Waals surface area contributed by atoms with Crippen molar-refractivity contribution in [3.05, 3.63) is 95.1 Å². The van der Waals surface area contributed by atoms with Crippen molar-refractivity contribution in [2.24, 2.45) is 0 Å². The molecule has 0 bridgehead atoms. The van der Waals surface area contributed by atoms with Crippen molar-refractivity contribution in [3.8, 4) is 0 Å². The molecule has 0 aromatic heterocycles. The van der Waals surface area contributed by atoms with Gasteiger partial charge in [-0.2, -0.15) is 11.8 Å². The third kappa shape index (κ3) is 6.64. The van der Waals surface area contributed by atoms with Gasteiger partial charge in [-0.25, -0.2) is 8.42 Å². The van der Waals surface area contributed by atoms with E-state index in [-0.39, 0.29) is 17.3 Å². The zero-order chi connectivity index (χ0) is 24.6. The second-order valence-electron chi connectivity index (χ2n) is 8.14. The molecule has 3 rings (SSSR count). The number of thioether (sulfide) groups is 1. The van der Waals surface area contributed by atoms with E-state index in [0.717, 1.165) is 22.6 Å². The van der Waals surface area contributed by atoms with Gasteiger partial charge < -0.3 is 5.32 Å². The minimum Gasteiger partial charge on any atom is -0.354 e. The van der Waals surface area contributed by atoms with E-state index < -0.39 is 10.0 Å². The van der Waals surface area contributed by atoms with Crippen LogP contribution in [0.5, 0.6) is 0 Å². The van der Waals surface area contributed by atoms with Gasteiger partial charge in [-0.15, -0.1) is 0 Å². The van der Waals surface area contributed by atoms with Crippen molar-refractivity contribution in [2.45, 2.75) is 37.8 Å². The Kier molecular flexibility index (Phi) is 9.19. The predicted molar refractivity (Wildman–Crippen MR) is 142 cm³/mol. The van der Waals surface area contributed by atoms with E-state index in [4.69, 9.17) is 0 Å². The van der Waals surface area contributed by atoms with Crippen LogP contribution in [-0.2, 0) is 27.0 Å². The summed E-state index contributed by atoms with van der Waals surface area (Å²) >= 11 is 1.74. The van der Waals surface area contributed by atoms with E-state index in [1.807, 2.05) is 38.1 Å². The third-order valence-corrected chi connectivity index (χ3v) is 8.41. The zero-order valence-corrected chi connectivity index (χ0v) is 21.6. The molecule has 0 spiro atoms. The second-order valence-corrected chi connectivity index (χ2v) is 11.1. The highest BCUT2D eigenvalue weighted by atomic mass is 32.2. The van der Waals surface area contributed by atoms with E-state index in [0.29, 0.717) is 18.7 Å². The average molecular weight is 497 g/mol. The number of para-hydroxylation sites is 1. The van der Waals surface area contributed by atoms with Gasteiger partial charge in [0.2, 0.25) is 5.91 Å². The van der Waals surface area contributed by atoms with Crippen LogP contribution in [0.25, 0.3) is 0 Å². The number of aryl methyl sites for hydroxylation is 3. The van der Waals surface area contributed by atoms with Crippen LogP contribution in [0.15, 0.2) is 77.7 Å². The summed E-state index contributed by atoms with van der Waals surface area (Å²) in [4.78, 5) is 13.0. The van der Waals surface area contributed by atoms with Crippen LogP contribution in [0, 0.1) is 13.8 Å². The fourth-order valence-corrected chi connectivity index (χ4v) is 5.99. The van der Waals surface area contributed by atoms with Gasteiger partial charge >= 0.3 is 0 Å². The lowest BCUT2D eigenvalue weighted by Gasteiger charge is -2.26. The van der Waals surface area contributed by atoms with E-state index in [1.54, 1.807) is 48.2 Å². The minimum absolute atomic E-state index is 0.172. The molecule has 0 fully saturated rings. The topological polar surface area (TPSA) is 66.5 Å². The lowest BCUT2D eigenvalue weighted by atomic mass is 10.1. The quantitative estimate of drug-likeness (QED) is 0.375. The molecule has 7 heteroatoms. The molecule has 0 saturated carbocycles. The molecular formula is C27H32N2O3S2. The molecule has 0 heterocycles. The maximum Gasteiger partial charge on any atom is 0.264 e. The number of carbonyl (C=O) groups excluding carboxylic acids is 1. The van der Waals surface area contributed by atoms with E-state index in [2.05, 4.69) is 24.4 Å². The van der Waals surface area contributed by atoms with Crippen LogP contribution in [0.4, 0.5) is 5.69 Å². The summed E-state index contributed by atoms with van der Waals surface area (Å²) in [5.41, 5.74) is 4.92. The number of nitrogens with one attached hydrogen (secondary N) is 1. The number of rotatable bonds is 11. The molecular weight excluding hydrogens is 464 g/mol.